The normalized spacial score (nSPS) is 12.2. The van der Waals surface area contributed by atoms with Crippen molar-refractivity contribution in [2.45, 2.75) is 26.3 Å². The summed E-state index contributed by atoms with van der Waals surface area (Å²) >= 11 is 3.28. The number of H-pyrrole nitrogens is 1. The van der Waals surface area contributed by atoms with Crippen LogP contribution in [0, 0.1) is 17.0 Å². The van der Waals surface area contributed by atoms with E-state index in [4.69, 9.17) is 0 Å². The Morgan fingerprint density at radius 1 is 1.55 bits per heavy atom. The zero-order chi connectivity index (χ0) is 14.7. The van der Waals surface area contributed by atoms with E-state index in [0.29, 0.717) is 10.3 Å². The molecule has 0 aliphatic carbocycles. The van der Waals surface area contributed by atoms with Gasteiger partial charge in [-0.05, 0) is 35.8 Å². The second kappa shape index (κ2) is 6.00. The van der Waals surface area contributed by atoms with Crippen molar-refractivity contribution in [3.05, 3.63) is 44.3 Å². The number of rotatable bonds is 5. The molecule has 2 rings (SSSR count). The SMILES string of the molecule is Cc1cc(CC(C)Nc2ncc([N+](=O)[O-])cc2Br)n[nH]1. The summed E-state index contributed by atoms with van der Waals surface area (Å²) in [5, 5.41) is 20.9. The lowest BCUT2D eigenvalue weighted by Crippen LogP contribution is -2.19. The Morgan fingerprint density at radius 3 is 2.85 bits per heavy atom. The van der Waals surface area contributed by atoms with Crippen molar-refractivity contribution in [3.63, 3.8) is 0 Å². The molecule has 0 fully saturated rings. The van der Waals surface area contributed by atoms with Crippen molar-refractivity contribution in [2.24, 2.45) is 0 Å². The third-order valence-electron chi connectivity index (χ3n) is 2.69. The van der Waals surface area contributed by atoms with Crippen LogP contribution in [0.3, 0.4) is 0 Å². The van der Waals surface area contributed by atoms with Gasteiger partial charge in [0.2, 0.25) is 0 Å². The average molecular weight is 340 g/mol. The van der Waals surface area contributed by atoms with E-state index in [1.165, 1.54) is 12.3 Å². The van der Waals surface area contributed by atoms with Gasteiger partial charge in [0.1, 0.15) is 12.0 Å². The monoisotopic (exact) mass is 339 g/mol. The molecule has 0 aliphatic rings. The van der Waals surface area contributed by atoms with Crippen LogP contribution in [0.25, 0.3) is 0 Å². The lowest BCUT2D eigenvalue weighted by atomic mass is 10.2. The standard InChI is InChI=1S/C12H14BrN5O2/c1-7(3-9-4-8(2)16-17-9)15-12-11(13)5-10(6-14-12)18(19)20/h4-7H,3H2,1-2H3,(H,14,15)(H,16,17). The molecule has 0 aliphatic heterocycles. The minimum absolute atomic E-state index is 0.0435. The van der Waals surface area contributed by atoms with Crippen LogP contribution in [0.2, 0.25) is 0 Å². The Morgan fingerprint density at radius 2 is 2.30 bits per heavy atom. The quantitative estimate of drug-likeness (QED) is 0.644. The van der Waals surface area contributed by atoms with Crippen LogP contribution in [-0.2, 0) is 6.42 Å². The summed E-state index contributed by atoms with van der Waals surface area (Å²) in [5.41, 5.74) is 1.93. The number of halogens is 1. The molecule has 0 saturated heterocycles. The smallest absolute Gasteiger partial charge is 0.288 e. The molecule has 1 unspecified atom stereocenters. The van der Waals surface area contributed by atoms with E-state index in [1.54, 1.807) is 0 Å². The summed E-state index contributed by atoms with van der Waals surface area (Å²) in [4.78, 5) is 14.2. The molecule has 8 heteroatoms. The molecular formula is C12H14BrN5O2. The van der Waals surface area contributed by atoms with Gasteiger partial charge in [-0.2, -0.15) is 5.10 Å². The molecular weight excluding hydrogens is 326 g/mol. The number of anilines is 1. The van der Waals surface area contributed by atoms with Gasteiger partial charge in [-0.1, -0.05) is 0 Å². The minimum Gasteiger partial charge on any atom is -0.366 e. The summed E-state index contributed by atoms with van der Waals surface area (Å²) in [6.07, 6.45) is 1.97. The summed E-state index contributed by atoms with van der Waals surface area (Å²) in [6.45, 7) is 3.95. The number of aryl methyl sites for hydroxylation is 1. The third-order valence-corrected chi connectivity index (χ3v) is 3.30. The number of hydrogen-bond donors (Lipinski definition) is 2. The molecule has 1 atom stereocenters. The van der Waals surface area contributed by atoms with E-state index in [2.05, 4.69) is 36.4 Å². The molecule has 106 valence electrons. The Balaban J connectivity index is 2.04. The van der Waals surface area contributed by atoms with Gasteiger partial charge in [0, 0.05) is 24.2 Å². The minimum atomic E-state index is -0.475. The Hall–Kier alpha value is -1.96. The largest absolute Gasteiger partial charge is 0.366 e. The van der Waals surface area contributed by atoms with Crippen molar-refractivity contribution in [3.8, 4) is 0 Å². The Kier molecular flexibility index (Phi) is 4.33. The second-order valence-electron chi connectivity index (χ2n) is 4.57. The fourth-order valence-corrected chi connectivity index (χ4v) is 2.26. The molecule has 0 spiro atoms. The molecule has 0 amide bonds. The first-order valence-electron chi connectivity index (χ1n) is 6.03. The zero-order valence-corrected chi connectivity index (χ0v) is 12.6. The van der Waals surface area contributed by atoms with Gasteiger partial charge in [0.15, 0.2) is 0 Å². The Bertz CT molecular complexity index is 628. The maximum absolute atomic E-state index is 10.6. The first-order chi connectivity index (χ1) is 9.45. The summed E-state index contributed by atoms with van der Waals surface area (Å²) < 4.78 is 0.566. The third kappa shape index (κ3) is 3.53. The first kappa shape index (κ1) is 14.4. The van der Waals surface area contributed by atoms with Crippen molar-refractivity contribution in [1.29, 1.82) is 0 Å². The molecule has 2 N–H and O–H groups in total. The van der Waals surface area contributed by atoms with Crippen molar-refractivity contribution < 1.29 is 4.92 Å². The number of nitro groups is 1. The maximum Gasteiger partial charge on any atom is 0.288 e. The highest BCUT2D eigenvalue weighted by Gasteiger charge is 2.13. The van der Waals surface area contributed by atoms with E-state index in [9.17, 15) is 10.1 Å². The lowest BCUT2D eigenvalue weighted by molar-refractivity contribution is -0.385. The molecule has 0 radical (unpaired) electrons. The first-order valence-corrected chi connectivity index (χ1v) is 6.82. The molecule has 0 saturated carbocycles. The highest BCUT2D eigenvalue weighted by molar-refractivity contribution is 9.10. The van der Waals surface area contributed by atoms with E-state index < -0.39 is 4.92 Å². The van der Waals surface area contributed by atoms with Gasteiger partial charge in [-0.25, -0.2) is 4.98 Å². The van der Waals surface area contributed by atoms with Crippen LogP contribution in [0.15, 0.2) is 22.8 Å². The van der Waals surface area contributed by atoms with Crippen LogP contribution < -0.4 is 5.32 Å². The van der Waals surface area contributed by atoms with Crippen LogP contribution in [0.5, 0.6) is 0 Å². The predicted octanol–water partition coefficient (Wildman–Crippen LogP) is 2.83. The number of pyridine rings is 1. The highest BCUT2D eigenvalue weighted by atomic mass is 79.9. The van der Waals surface area contributed by atoms with Crippen LogP contribution in [0.4, 0.5) is 11.5 Å². The van der Waals surface area contributed by atoms with Crippen molar-refractivity contribution in [2.75, 3.05) is 5.32 Å². The number of aromatic nitrogens is 3. The van der Waals surface area contributed by atoms with Crippen LogP contribution >= 0.6 is 15.9 Å². The highest BCUT2D eigenvalue weighted by Crippen LogP contribution is 2.25. The summed E-state index contributed by atoms with van der Waals surface area (Å²) in [5.74, 6) is 0.579. The Labute approximate surface area is 124 Å². The van der Waals surface area contributed by atoms with E-state index >= 15 is 0 Å². The van der Waals surface area contributed by atoms with Gasteiger partial charge in [-0.3, -0.25) is 15.2 Å². The summed E-state index contributed by atoms with van der Waals surface area (Å²) in [7, 11) is 0. The molecule has 2 aromatic rings. The fraction of sp³-hybridized carbons (Fsp3) is 0.333. The summed E-state index contributed by atoms with van der Waals surface area (Å²) in [6, 6.07) is 3.51. The second-order valence-corrected chi connectivity index (χ2v) is 5.43. The molecule has 0 bridgehead atoms. The zero-order valence-electron chi connectivity index (χ0n) is 11.1. The fourth-order valence-electron chi connectivity index (χ4n) is 1.81. The van der Waals surface area contributed by atoms with E-state index in [1.807, 2.05) is 19.9 Å². The lowest BCUT2D eigenvalue weighted by Gasteiger charge is -2.14. The van der Waals surface area contributed by atoms with Crippen molar-refractivity contribution in [1.82, 2.24) is 15.2 Å². The van der Waals surface area contributed by atoms with Gasteiger partial charge >= 0.3 is 0 Å². The van der Waals surface area contributed by atoms with Crippen molar-refractivity contribution >= 4 is 27.4 Å². The number of nitrogens with one attached hydrogen (secondary N) is 2. The number of nitrogens with zero attached hydrogens (tertiary/aromatic N) is 3. The van der Waals surface area contributed by atoms with Crippen LogP contribution in [0.1, 0.15) is 18.3 Å². The molecule has 7 nitrogen and oxygen atoms in total. The number of aromatic amines is 1. The average Bonchev–Trinajstić information content (AvgIpc) is 2.77. The number of hydrogen-bond acceptors (Lipinski definition) is 5. The molecule has 20 heavy (non-hydrogen) atoms. The maximum atomic E-state index is 10.6. The van der Waals surface area contributed by atoms with E-state index in [-0.39, 0.29) is 11.7 Å². The van der Waals surface area contributed by atoms with Gasteiger partial charge in [0.25, 0.3) is 5.69 Å². The van der Waals surface area contributed by atoms with Gasteiger partial charge in [-0.15, -0.1) is 0 Å². The van der Waals surface area contributed by atoms with Gasteiger partial charge < -0.3 is 5.32 Å². The molecule has 2 heterocycles. The van der Waals surface area contributed by atoms with E-state index in [0.717, 1.165) is 17.8 Å². The topological polar surface area (TPSA) is 96.7 Å². The molecule has 2 aromatic heterocycles. The van der Waals surface area contributed by atoms with Crippen LogP contribution in [-0.4, -0.2) is 26.1 Å². The predicted molar refractivity (Wildman–Crippen MR) is 78.7 cm³/mol. The molecule has 0 aromatic carbocycles. The van der Waals surface area contributed by atoms with Gasteiger partial charge in [0.05, 0.1) is 15.1 Å².